The predicted molar refractivity (Wildman–Crippen MR) is 79.4 cm³/mol. The minimum absolute atomic E-state index is 0.151. The molecule has 0 aliphatic carbocycles. The second-order valence-corrected chi connectivity index (χ2v) is 5.79. The van der Waals surface area contributed by atoms with Crippen molar-refractivity contribution in [1.29, 1.82) is 0 Å². The minimum atomic E-state index is -1.19. The van der Waals surface area contributed by atoms with Crippen LogP contribution in [0.5, 0.6) is 5.75 Å². The Labute approximate surface area is 119 Å². The lowest BCUT2D eigenvalue weighted by Gasteiger charge is -2.07. The van der Waals surface area contributed by atoms with Gasteiger partial charge in [0.1, 0.15) is 5.75 Å². The van der Waals surface area contributed by atoms with E-state index in [2.05, 4.69) is 0 Å². The second kappa shape index (κ2) is 6.38. The lowest BCUT2D eigenvalue weighted by Crippen LogP contribution is -2.21. The summed E-state index contributed by atoms with van der Waals surface area (Å²) >= 11 is 0. The number of ether oxygens (including phenoxy) is 1. The third-order valence-corrected chi connectivity index (χ3v) is 4.16. The van der Waals surface area contributed by atoms with Crippen molar-refractivity contribution in [2.75, 3.05) is 18.6 Å². The van der Waals surface area contributed by atoms with E-state index in [1.54, 1.807) is 43.6 Å². The fraction of sp³-hybridized carbons (Fsp3) is 0.214. The van der Waals surface area contributed by atoms with Gasteiger partial charge in [-0.1, -0.05) is 6.07 Å². The summed E-state index contributed by atoms with van der Waals surface area (Å²) in [7, 11) is 0.373. The van der Waals surface area contributed by atoms with E-state index in [1.807, 2.05) is 0 Å². The molecule has 0 spiro atoms. The van der Waals surface area contributed by atoms with Gasteiger partial charge in [-0.15, -0.1) is 0 Å². The lowest BCUT2D eigenvalue weighted by molar-refractivity contribution is 0.413. The molecule has 0 bridgehead atoms. The Bertz CT molecular complexity index is 682. The van der Waals surface area contributed by atoms with Gasteiger partial charge < -0.3 is 15.0 Å². The number of nitrogen functional groups attached to an aromatic ring is 1. The zero-order valence-electron chi connectivity index (χ0n) is 11.1. The van der Waals surface area contributed by atoms with E-state index in [9.17, 15) is 9.00 Å². The van der Waals surface area contributed by atoms with E-state index in [0.717, 1.165) is 0 Å². The summed E-state index contributed by atoms with van der Waals surface area (Å²) in [5.74, 6) is 1.01. The summed E-state index contributed by atoms with van der Waals surface area (Å²) < 4.78 is 18.8. The molecule has 0 saturated carbocycles. The van der Waals surface area contributed by atoms with E-state index in [4.69, 9.17) is 10.5 Å². The van der Waals surface area contributed by atoms with Crippen molar-refractivity contribution in [1.82, 2.24) is 4.57 Å². The lowest BCUT2D eigenvalue weighted by atomic mass is 10.3. The number of hydrogen-bond acceptors (Lipinski definition) is 4. The van der Waals surface area contributed by atoms with Gasteiger partial charge in [-0.25, -0.2) is 0 Å². The fourth-order valence-corrected chi connectivity index (χ4v) is 2.84. The van der Waals surface area contributed by atoms with Crippen molar-refractivity contribution in [3.63, 3.8) is 0 Å². The summed E-state index contributed by atoms with van der Waals surface area (Å²) in [4.78, 5) is 12.3. The number of nitrogens with zero attached hydrogens (tertiary/aromatic N) is 1. The van der Waals surface area contributed by atoms with Crippen LogP contribution in [0, 0.1) is 0 Å². The summed E-state index contributed by atoms with van der Waals surface area (Å²) in [5, 5.41) is 0. The fourth-order valence-electron chi connectivity index (χ4n) is 1.77. The van der Waals surface area contributed by atoms with Crippen molar-refractivity contribution in [3.8, 4) is 5.75 Å². The van der Waals surface area contributed by atoms with Gasteiger partial charge in [0.2, 0.25) is 0 Å². The van der Waals surface area contributed by atoms with Crippen molar-refractivity contribution in [3.05, 3.63) is 52.9 Å². The maximum absolute atomic E-state index is 12.2. The van der Waals surface area contributed by atoms with Gasteiger partial charge in [0.15, 0.2) is 0 Å². The Morgan fingerprint density at radius 1 is 1.30 bits per heavy atom. The highest BCUT2D eigenvalue weighted by molar-refractivity contribution is 7.85. The molecule has 1 aromatic carbocycles. The number of methoxy groups -OCH3 is 1. The van der Waals surface area contributed by atoms with Crippen LogP contribution < -0.4 is 16.0 Å². The molecule has 0 amide bonds. The number of aromatic nitrogens is 1. The van der Waals surface area contributed by atoms with Crippen LogP contribution in [0.25, 0.3) is 0 Å². The van der Waals surface area contributed by atoms with E-state index in [-0.39, 0.29) is 5.56 Å². The molecule has 0 fully saturated rings. The molecule has 1 unspecified atom stereocenters. The molecule has 0 aliphatic rings. The Morgan fingerprint density at radius 3 is 2.85 bits per heavy atom. The average Bonchev–Trinajstić information content (AvgIpc) is 2.48. The first-order chi connectivity index (χ1) is 9.60. The van der Waals surface area contributed by atoms with E-state index < -0.39 is 10.8 Å². The number of rotatable bonds is 5. The summed E-state index contributed by atoms with van der Waals surface area (Å²) in [6.07, 6.45) is 1.56. The molecule has 6 heteroatoms. The Balaban J connectivity index is 2.08. The normalized spacial score (nSPS) is 12.1. The maximum Gasteiger partial charge on any atom is 0.250 e. The largest absolute Gasteiger partial charge is 0.497 e. The number of aryl methyl sites for hydroxylation is 1. The van der Waals surface area contributed by atoms with Crippen LogP contribution in [0.15, 0.2) is 52.3 Å². The Hall–Kier alpha value is -2.08. The topological polar surface area (TPSA) is 74.3 Å². The molecule has 5 nitrogen and oxygen atoms in total. The Kier molecular flexibility index (Phi) is 4.57. The number of anilines is 1. The van der Waals surface area contributed by atoms with Gasteiger partial charge >= 0.3 is 0 Å². The molecule has 1 atom stereocenters. The van der Waals surface area contributed by atoms with Crippen LogP contribution >= 0.6 is 0 Å². The average molecular weight is 292 g/mol. The van der Waals surface area contributed by atoms with Crippen molar-refractivity contribution < 1.29 is 8.95 Å². The molecule has 1 aromatic heterocycles. The highest BCUT2D eigenvalue weighted by Crippen LogP contribution is 2.15. The van der Waals surface area contributed by atoms with Gasteiger partial charge in [0.05, 0.1) is 17.9 Å². The number of hydrogen-bond donors (Lipinski definition) is 1. The number of nitrogens with two attached hydrogens (primary N) is 1. The first kappa shape index (κ1) is 14.3. The summed E-state index contributed by atoms with van der Waals surface area (Å²) in [6, 6.07) is 10.1. The van der Waals surface area contributed by atoms with Crippen LogP contribution in [-0.2, 0) is 17.3 Å². The zero-order valence-corrected chi connectivity index (χ0v) is 11.9. The molecule has 2 N–H and O–H groups in total. The highest BCUT2D eigenvalue weighted by atomic mass is 32.2. The SMILES string of the molecule is COc1cccc(S(=O)CCn2cc(N)ccc2=O)c1. The van der Waals surface area contributed by atoms with Gasteiger partial charge in [0, 0.05) is 35.1 Å². The van der Waals surface area contributed by atoms with E-state index in [1.165, 1.54) is 10.6 Å². The molecular formula is C14H16N2O3S. The number of benzene rings is 1. The molecular weight excluding hydrogens is 276 g/mol. The molecule has 2 rings (SSSR count). The van der Waals surface area contributed by atoms with Crippen molar-refractivity contribution in [2.24, 2.45) is 0 Å². The predicted octanol–water partition coefficient (Wildman–Crippen LogP) is 1.25. The van der Waals surface area contributed by atoms with Crippen LogP contribution in [0.1, 0.15) is 0 Å². The van der Waals surface area contributed by atoms with Crippen LogP contribution in [-0.4, -0.2) is 21.6 Å². The van der Waals surface area contributed by atoms with E-state index >= 15 is 0 Å². The zero-order chi connectivity index (χ0) is 14.5. The molecule has 20 heavy (non-hydrogen) atoms. The van der Waals surface area contributed by atoms with Crippen LogP contribution in [0.3, 0.4) is 0 Å². The van der Waals surface area contributed by atoms with Crippen molar-refractivity contribution in [2.45, 2.75) is 11.4 Å². The van der Waals surface area contributed by atoms with Gasteiger partial charge in [-0.2, -0.15) is 0 Å². The smallest absolute Gasteiger partial charge is 0.250 e. The third kappa shape index (κ3) is 3.48. The third-order valence-electron chi connectivity index (χ3n) is 2.83. The quantitative estimate of drug-likeness (QED) is 0.900. The highest BCUT2D eigenvalue weighted by Gasteiger charge is 2.06. The van der Waals surface area contributed by atoms with E-state index in [0.29, 0.717) is 28.6 Å². The molecule has 106 valence electrons. The van der Waals surface area contributed by atoms with Crippen LogP contribution in [0.4, 0.5) is 5.69 Å². The van der Waals surface area contributed by atoms with Gasteiger partial charge in [-0.3, -0.25) is 9.00 Å². The summed E-state index contributed by atoms with van der Waals surface area (Å²) in [6.45, 7) is 0.355. The molecule has 1 heterocycles. The first-order valence-electron chi connectivity index (χ1n) is 6.08. The molecule has 0 aliphatic heterocycles. The second-order valence-electron chi connectivity index (χ2n) is 4.22. The number of pyridine rings is 1. The van der Waals surface area contributed by atoms with Gasteiger partial charge in [0.25, 0.3) is 5.56 Å². The summed E-state index contributed by atoms with van der Waals surface area (Å²) in [5.41, 5.74) is 5.99. The maximum atomic E-state index is 12.2. The molecule has 0 saturated heterocycles. The first-order valence-corrected chi connectivity index (χ1v) is 7.40. The Morgan fingerprint density at radius 2 is 2.10 bits per heavy atom. The minimum Gasteiger partial charge on any atom is -0.497 e. The van der Waals surface area contributed by atoms with Crippen molar-refractivity contribution >= 4 is 16.5 Å². The molecule has 2 aromatic rings. The molecule has 0 radical (unpaired) electrons. The van der Waals surface area contributed by atoms with Crippen LogP contribution in [0.2, 0.25) is 0 Å². The monoisotopic (exact) mass is 292 g/mol. The van der Waals surface area contributed by atoms with Gasteiger partial charge in [-0.05, 0) is 24.3 Å². The standard InChI is InChI=1S/C14H16N2O3S/c1-19-12-3-2-4-13(9-12)20(18)8-7-16-10-11(15)5-6-14(16)17/h2-6,9-10H,7-8,15H2,1H3.